The van der Waals surface area contributed by atoms with E-state index in [1.54, 1.807) is 0 Å². The fourth-order valence-electron chi connectivity index (χ4n) is 1.79. The monoisotopic (exact) mass is 166 g/mol. The molecule has 0 aliphatic carbocycles. The Kier molecular flexibility index (Phi) is 3.80. The van der Waals surface area contributed by atoms with Crippen LogP contribution >= 0.6 is 0 Å². The summed E-state index contributed by atoms with van der Waals surface area (Å²) in [5, 5.41) is 0. The van der Waals surface area contributed by atoms with Crippen LogP contribution in [0.3, 0.4) is 0 Å². The Balaban J connectivity index is 2.21. The molecule has 0 aromatic heterocycles. The maximum atomic E-state index is 3.85. The Morgan fingerprint density at radius 3 is 2.42 bits per heavy atom. The van der Waals surface area contributed by atoms with Gasteiger partial charge in [0.05, 0.1) is 0 Å². The van der Waals surface area contributed by atoms with Crippen LogP contribution in [0.4, 0.5) is 0 Å². The quantitative estimate of drug-likeness (QED) is 0.582. The molecule has 1 rings (SSSR count). The first-order valence-corrected chi connectivity index (χ1v) is 4.86. The minimum absolute atomic E-state index is 0.776. The van der Waals surface area contributed by atoms with Crippen LogP contribution in [0.15, 0.2) is 12.7 Å². The summed E-state index contributed by atoms with van der Waals surface area (Å²) in [6.45, 7) is 12.0. The average Bonchev–Trinajstić information content (AvgIpc) is 2.05. The summed E-state index contributed by atoms with van der Waals surface area (Å²) >= 11 is 0. The Labute approximate surface area is 76.5 Å². The van der Waals surface area contributed by atoms with Crippen LogP contribution in [-0.2, 0) is 0 Å². The van der Waals surface area contributed by atoms with Gasteiger partial charge in [-0.3, -0.25) is 0 Å². The molecule has 1 aliphatic heterocycles. The minimum atomic E-state index is 0.776. The van der Waals surface area contributed by atoms with E-state index < -0.39 is 0 Å². The molecule has 1 heteroatoms. The van der Waals surface area contributed by atoms with Crippen molar-refractivity contribution in [2.75, 3.05) is 19.6 Å². The normalized spacial score (nSPS) is 21.6. The zero-order valence-corrected chi connectivity index (χ0v) is 8.34. The van der Waals surface area contributed by atoms with Gasteiger partial charge >= 0.3 is 0 Å². The molecular weight excluding hydrogens is 146 g/mol. The number of likely N-dealkylation sites (tertiary alicyclic amines) is 1. The van der Waals surface area contributed by atoms with Crippen molar-refractivity contribution in [1.29, 1.82) is 0 Å². The predicted octanol–water partition coefficient (Wildman–Crippen LogP) is 2.50. The van der Waals surface area contributed by atoms with E-state index in [2.05, 4.69) is 31.4 Å². The number of nitrogens with zero attached hydrogens (tertiary/aromatic N) is 1. The predicted molar refractivity (Wildman–Crippen MR) is 54.0 cm³/mol. The highest BCUT2D eigenvalue weighted by Gasteiger charge is 2.16. The molecule has 12 heavy (non-hydrogen) atoms. The first-order valence-electron chi connectivity index (χ1n) is 4.86. The second kappa shape index (κ2) is 4.66. The van der Waals surface area contributed by atoms with E-state index in [0.29, 0.717) is 0 Å². The standard InChI is InChI=1S/C11H20N/c1-4-11-5-7-12(8-6-11)9-10(2)3/h4,11H,1,5-9H2,2-3H3. The zero-order chi connectivity index (χ0) is 8.97. The molecule has 1 saturated heterocycles. The summed E-state index contributed by atoms with van der Waals surface area (Å²) in [5.74, 6) is 2.30. The lowest BCUT2D eigenvalue weighted by molar-refractivity contribution is 0.210. The topological polar surface area (TPSA) is 3.24 Å². The molecule has 1 aliphatic rings. The SMILES string of the molecule is C=CC1CCN(C[C](C)C)CC1. The van der Waals surface area contributed by atoms with Gasteiger partial charge in [-0.2, -0.15) is 0 Å². The first-order chi connectivity index (χ1) is 5.72. The average molecular weight is 166 g/mol. The van der Waals surface area contributed by atoms with E-state index in [1.807, 2.05) is 0 Å². The Hall–Kier alpha value is -0.300. The molecule has 0 atom stereocenters. The van der Waals surface area contributed by atoms with Crippen molar-refractivity contribution < 1.29 is 0 Å². The molecule has 0 saturated carbocycles. The van der Waals surface area contributed by atoms with Crippen molar-refractivity contribution in [2.24, 2.45) is 5.92 Å². The highest BCUT2D eigenvalue weighted by atomic mass is 15.1. The second-order valence-corrected chi connectivity index (χ2v) is 4.06. The summed E-state index contributed by atoms with van der Waals surface area (Å²) in [7, 11) is 0. The molecule has 1 radical (unpaired) electrons. The first kappa shape index (κ1) is 9.79. The summed E-state index contributed by atoms with van der Waals surface area (Å²) in [6.07, 6.45) is 4.72. The lowest BCUT2D eigenvalue weighted by Gasteiger charge is -2.31. The van der Waals surface area contributed by atoms with Gasteiger partial charge in [0.15, 0.2) is 0 Å². The molecule has 1 heterocycles. The van der Waals surface area contributed by atoms with Gasteiger partial charge < -0.3 is 4.90 Å². The van der Waals surface area contributed by atoms with Crippen LogP contribution in [0.1, 0.15) is 26.7 Å². The highest BCUT2D eigenvalue weighted by molar-refractivity contribution is 4.88. The van der Waals surface area contributed by atoms with Crippen molar-refractivity contribution in [2.45, 2.75) is 26.7 Å². The van der Waals surface area contributed by atoms with Gasteiger partial charge in [0.2, 0.25) is 0 Å². The maximum absolute atomic E-state index is 3.85. The number of allylic oxidation sites excluding steroid dienone is 1. The summed E-state index contributed by atoms with van der Waals surface area (Å²) in [6, 6.07) is 0. The van der Waals surface area contributed by atoms with Gasteiger partial charge in [0, 0.05) is 6.54 Å². The van der Waals surface area contributed by atoms with E-state index in [1.165, 1.54) is 38.4 Å². The van der Waals surface area contributed by atoms with Crippen molar-refractivity contribution in [3.05, 3.63) is 18.6 Å². The van der Waals surface area contributed by atoms with Gasteiger partial charge in [-0.1, -0.05) is 19.9 Å². The van der Waals surface area contributed by atoms with Crippen molar-refractivity contribution in [3.8, 4) is 0 Å². The number of hydrogen-bond donors (Lipinski definition) is 0. The van der Waals surface area contributed by atoms with Crippen LogP contribution in [0.25, 0.3) is 0 Å². The van der Waals surface area contributed by atoms with Crippen LogP contribution in [0.2, 0.25) is 0 Å². The van der Waals surface area contributed by atoms with Gasteiger partial charge in [-0.05, 0) is 37.8 Å². The highest BCUT2D eigenvalue weighted by Crippen LogP contribution is 2.18. The van der Waals surface area contributed by atoms with E-state index in [9.17, 15) is 0 Å². The van der Waals surface area contributed by atoms with E-state index >= 15 is 0 Å². The molecule has 69 valence electrons. The van der Waals surface area contributed by atoms with Crippen molar-refractivity contribution in [1.82, 2.24) is 4.90 Å². The van der Waals surface area contributed by atoms with Crippen LogP contribution < -0.4 is 0 Å². The Morgan fingerprint density at radius 2 is 2.00 bits per heavy atom. The molecule has 1 nitrogen and oxygen atoms in total. The van der Waals surface area contributed by atoms with E-state index in [-0.39, 0.29) is 0 Å². The smallest absolute Gasteiger partial charge is 0.00383 e. The molecule has 1 fully saturated rings. The second-order valence-electron chi connectivity index (χ2n) is 4.06. The largest absolute Gasteiger partial charge is 0.303 e. The number of rotatable bonds is 3. The number of piperidine rings is 1. The molecule has 0 aromatic rings. The molecule has 0 N–H and O–H groups in total. The molecule has 0 aromatic carbocycles. The Bertz CT molecular complexity index is 132. The van der Waals surface area contributed by atoms with E-state index in [4.69, 9.17) is 0 Å². The molecule has 0 bridgehead atoms. The summed E-state index contributed by atoms with van der Waals surface area (Å²) in [5.41, 5.74) is 0. The molecule has 0 spiro atoms. The molecule has 0 amide bonds. The fourth-order valence-corrected chi connectivity index (χ4v) is 1.79. The third-order valence-electron chi connectivity index (χ3n) is 2.51. The summed E-state index contributed by atoms with van der Waals surface area (Å²) in [4.78, 5) is 2.54. The third-order valence-corrected chi connectivity index (χ3v) is 2.51. The fraction of sp³-hybridized carbons (Fsp3) is 0.727. The van der Waals surface area contributed by atoms with Crippen LogP contribution in [-0.4, -0.2) is 24.5 Å². The van der Waals surface area contributed by atoms with Gasteiger partial charge in [0.25, 0.3) is 0 Å². The lowest BCUT2D eigenvalue weighted by atomic mass is 9.96. The van der Waals surface area contributed by atoms with Crippen LogP contribution in [0, 0.1) is 11.8 Å². The van der Waals surface area contributed by atoms with E-state index in [0.717, 1.165) is 5.92 Å². The Morgan fingerprint density at radius 1 is 1.42 bits per heavy atom. The summed E-state index contributed by atoms with van der Waals surface area (Å²) < 4.78 is 0. The van der Waals surface area contributed by atoms with Gasteiger partial charge in [-0.15, -0.1) is 6.58 Å². The van der Waals surface area contributed by atoms with Crippen molar-refractivity contribution >= 4 is 0 Å². The molecule has 0 unspecified atom stereocenters. The minimum Gasteiger partial charge on any atom is -0.303 e. The van der Waals surface area contributed by atoms with Crippen molar-refractivity contribution in [3.63, 3.8) is 0 Å². The van der Waals surface area contributed by atoms with Crippen LogP contribution in [0.5, 0.6) is 0 Å². The third kappa shape index (κ3) is 2.98. The zero-order valence-electron chi connectivity index (χ0n) is 8.34. The van der Waals surface area contributed by atoms with Gasteiger partial charge in [0.1, 0.15) is 0 Å². The molecular formula is C11H20N. The lowest BCUT2D eigenvalue weighted by Crippen LogP contribution is -2.35. The number of hydrogen-bond acceptors (Lipinski definition) is 1. The van der Waals surface area contributed by atoms with Gasteiger partial charge in [-0.25, -0.2) is 0 Å². The maximum Gasteiger partial charge on any atom is 0.00383 e.